The third-order valence-electron chi connectivity index (χ3n) is 6.98. The van der Waals surface area contributed by atoms with Gasteiger partial charge in [-0.15, -0.1) is 6.42 Å². The Morgan fingerprint density at radius 2 is 1.56 bits per heavy atom. The van der Waals surface area contributed by atoms with Crippen LogP contribution in [0.15, 0.2) is 0 Å². The molecule has 0 aromatic carbocycles. The molecule has 3 N–H and O–H groups in total. The summed E-state index contributed by atoms with van der Waals surface area (Å²) in [5.41, 5.74) is 0. The van der Waals surface area contributed by atoms with E-state index in [2.05, 4.69) is 30.0 Å². The van der Waals surface area contributed by atoms with Crippen molar-refractivity contribution in [2.75, 3.05) is 72.5 Å². The van der Waals surface area contributed by atoms with E-state index in [0.717, 1.165) is 38.9 Å². The molecule has 3 atom stereocenters. The van der Waals surface area contributed by atoms with Crippen molar-refractivity contribution in [1.29, 1.82) is 10.8 Å². The van der Waals surface area contributed by atoms with E-state index in [4.69, 9.17) is 36.2 Å². The first-order valence-electron chi connectivity index (χ1n) is 13.6. The number of rotatable bonds is 17. The minimum atomic E-state index is 0.172. The fourth-order valence-electron chi connectivity index (χ4n) is 5.08. The summed E-state index contributed by atoms with van der Waals surface area (Å²) in [6, 6.07) is 1.24. The zero-order valence-corrected chi connectivity index (χ0v) is 22.7. The van der Waals surface area contributed by atoms with Gasteiger partial charge in [-0.25, -0.2) is 0 Å². The Bertz CT molecular complexity index is 678. The van der Waals surface area contributed by atoms with Crippen LogP contribution in [0.4, 0.5) is 0 Å². The second-order valence-corrected chi connectivity index (χ2v) is 9.98. The van der Waals surface area contributed by atoms with Crippen molar-refractivity contribution in [1.82, 2.24) is 15.1 Å². The molecule has 0 aromatic rings. The molecule has 0 amide bonds. The molecule has 2 fully saturated rings. The van der Waals surface area contributed by atoms with Gasteiger partial charge in [0, 0.05) is 30.6 Å². The Kier molecular flexibility index (Phi) is 15.2. The number of nitrogens with zero attached hydrogens (tertiary/aromatic N) is 2. The number of terminal acetylenes is 1. The van der Waals surface area contributed by atoms with E-state index in [9.17, 15) is 0 Å². The van der Waals surface area contributed by atoms with Gasteiger partial charge in [0.25, 0.3) is 0 Å². The van der Waals surface area contributed by atoms with Crippen molar-refractivity contribution in [3.05, 3.63) is 0 Å². The van der Waals surface area contributed by atoms with Gasteiger partial charge < -0.3 is 34.1 Å². The smallest absolute Gasteiger partial charge is 0.107 e. The maximum absolute atomic E-state index is 8.88. The van der Waals surface area contributed by atoms with Crippen LogP contribution in [0.3, 0.4) is 0 Å². The number of ether oxygens (including phenoxy) is 4. The standard InChI is InChI=1S/C27H49N5O4/c1-5-13-33-15-17-35-19-20-36-18-16-34-14-12-31-10-8-25(9-11-31)27(29)32(24(4)28)23(3)21-26-7-6-22(2)30-26/h1,22-23,25-26,28-30H,6-21H2,2-4H3. The van der Waals surface area contributed by atoms with Crippen molar-refractivity contribution in [3.63, 3.8) is 0 Å². The Morgan fingerprint density at radius 1 is 0.972 bits per heavy atom. The molecule has 2 aliphatic rings. The summed E-state index contributed by atoms with van der Waals surface area (Å²) in [6.45, 7) is 13.3. The largest absolute Gasteiger partial charge is 0.378 e. The minimum absolute atomic E-state index is 0.172. The number of amidine groups is 2. The zero-order valence-electron chi connectivity index (χ0n) is 22.7. The third kappa shape index (κ3) is 11.7. The fraction of sp³-hybridized carbons (Fsp3) is 0.852. The maximum atomic E-state index is 8.88. The van der Waals surface area contributed by atoms with Crippen LogP contribution in [0.5, 0.6) is 0 Å². The van der Waals surface area contributed by atoms with Gasteiger partial charge in [-0.2, -0.15) is 0 Å². The highest BCUT2D eigenvalue weighted by molar-refractivity contribution is 5.98. The van der Waals surface area contributed by atoms with Crippen LogP contribution in [-0.2, 0) is 18.9 Å². The van der Waals surface area contributed by atoms with Gasteiger partial charge in [0.15, 0.2) is 0 Å². The predicted molar refractivity (Wildman–Crippen MR) is 144 cm³/mol. The van der Waals surface area contributed by atoms with Crippen LogP contribution in [-0.4, -0.2) is 112 Å². The minimum Gasteiger partial charge on any atom is -0.378 e. The molecule has 2 heterocycles. The zero-order chi connectivity index (χ0) is 26.2. The highest BCUT2D eigenvalue weighted by atomic mass is 16.6. The summed E-state index contributed by atoms with van der Waals surface area (Å²) in [5.74, 6) is 3.74. The lowest BCUT2D eigenvalue weighted by atomic mass is 9.93. The fourth-order valence-corrected chi connectivity index (χ4v) is 5.08. The summed E-state index contributed by atoms with van der Waals surface area (Å²) in [6.07, 6.45) is 10.4. The van der Waals surface area contributed by atoms with Gasteiger partial charge in [-0.05, 0) is 66.0 Å². The highest BCUT2D eigenvalue weighted by Crippen LogP contribution is 2.24. The number of nitrogens with one attached hydrogen (secondary N) is 3. The van der Waals surface area contributed by atoms with E-state index in [1.165, 1.54) is 12.8 Å². The molecule has 2 aliphatic heterocycles. The molecule has 2 rings (SSSR count). The van der Waals surface area contributed by atoms with Gasteiger partial charge in [-0.3, -0.25) is 10.8 Å². The molecular weight excluding hydrogens is 458 g/mol. The van der Waals surface area contributed by atoms with E-state index in [0.29, 0.717) is 76.6 Å². The molecule has 36 heavy (non-hydrogen) atoms. The molecule has 0 aliphatic carbocycles. The SMILES string of the molecule is C#CCOCCOCCOCCOCCN1CCC(C(=N)N(C(C)=N)C(C)CC2CCC(C)N2)CC1. The number of likely N-dealkylation sites (tertiary alicyclic amines) is 1. The molecule has 3 unspecified atom stereocenters. The van der Waals surface area contributed by atoms with Crippen LogP contribution < -0.4 is 5.32 Å². The van der Waals surface area contributed by atoms with Crippen LogP contribution in [0.25, 0.3) is 0 Å². The summed E-state index contributed by atoms with van der Waals surface area (Å²) in [5, 5.41) is 20.8. The summed E-state index contributed by atoms with van der Waals surface area (Å²) < 4.78 is 21.8. The summed E-state index contributed by atoms with van der Waals surface area (Å²) in [7, 11) is 0. The first-order valence-corrected chi connectivity index (χ1v) is 13.6. The van der Waals surface area contributed by atoms with Crippen LogP contribution in [0.1, 0.15) is 52.9 Å². The van der Waals surface area contributed by atoms with E-state index in [-0.39, 0.29) is 12.0 Å². The lowest BCUT2D eigenvalue weighted by molar-refractivity contribution is -0.00176. The van der Waals surface area contributed by atoms with Crippen molar-refractivity contribution >= 4 is 11.7 Å². The van der Waals surface area contributed by atoms with Crippen molar-refractivity contribution in [2.45, 2.75) is 71.0 Å². The number of hydrogen-bond donors (Lipinski definition) is 3. The Labute approximate surface area is 218 Å². The van der Waals surface area contributed by atoms with Crippen LogP contribution >= 0.6 is 0 Å². The lowest BCUT2D eigenvalue weighted by Gasteiger charge is -2.38. The first-order chi connectivity index (χ1) is 17.4. The quantitative estimate of drug-likeness (QED) is 0.120. The van der Waals surface area contributed by atoms with Gasteiger partial charge >= 0.3 is 0 Å². The third-order valence-corrected chi connectivity index (χ3v) is 6.98. The summed E-state index contributed by atoms with van der Waals surface area (Å²) >= 11 is 0. The van der Waals surface area contributed by atoms with Crippen LogP contribution in [0, 0.1) is 29.1 Å². The normalized spacial score (nSPS) is 21.8. The number of piperidine rings is 1. The van der Waals surface area contributed by atoms with Gasteiger partial charge in [0.2, 0.25) is 0 Å². The number of hydrogen-bond acceptors (Lipinski definition) is 8. The van der Waals surface area contributed by atoms with Crippen LogP contribution in [0.2, 0.25) is 0 Å². The van der Waals surface area contributed by atoms with Gasteiger partial charge in [0.05, 0.1) is 52.1 Å². The van der Waals surface area contributed by atoms with E-state index in [1.54, 1.807) is 0 Å². The molecule has 0 spiro atoms. The second kappa shape index (κ2) is 17.8. The maximum Gasteiger partial charge on any atom is 0.107 e. The molecule has 0 bridgehead atoms. The monoisotopic (exact) mass is 507 g/mol. The highest BCUT2D eigenvalue weighted by Gasteiger charge is 2.31. The average molecular weight is 508 g/mol. The van der Waals surface area contributed by atoms with Gasteiger partial charge in [-0.1, -0.05) is 5.92 Å². The van der Waals surface area contributed by atoms with E-state index >= 15 is 0 Å². The molecule has 9 heteroatoms. The second-order valence-electron chi connectivity index (χ2n) is 9.98. The molecule has 0 saturated carbocycles. The van der Waals surface area contributed by atoms with Gasteiger partial charge in [0.1, 0.15) is 12.4 Å². The Hall–Kier alpha value is -1.54. The molecular formula is C27H49N5O4. The van der Waals surface area contributed by atoms with Crippen molar-refractivity contribution < 1.29 is 18.9 Å². The van der Waals surface area contributed by atoms with Crippen molar-refractivity contribution in [2.24, 2.45) is 5.92 Å². The molecule has 0 aromatic heterocycles. The molecule has 2 saturated heterocycles. The average Bonchev–Trinajstić information content (AvgIpc) is 3.26. The van der Waals surface area contributed by atoms with Crippen molar-refractivity contribution in [3.8, 4) is 12.3 Å². The van der Waals surface area contributed by atoms with E-state index < -0.39 is 0 Å². The predicted octanol–water partition coefficient (Wildman–Crippen LogP) is 2.59. The van der Waals surface area contributed by atoms with E-state index in [1.807, 2.05) is 11.8 Å². The Balaban J connectivity index is 1.53. The molecule has 9 nitrogen and oxygen atoms in total. The lowest BCUT2D eigenvalue weighted by Crippen LogP contribution is -2.49. The Morgan fingerprint density at radius 3 is 2.08 bits per heavy atom. The molecule has 206 valence electrons. The first kappa shape index (κ1) is 30.7. The molecule has 0 radical (unpaired) electrons. The topological polar surface area (TPSA) is 103 Å². The summed E-state index contributed by atoms with van der Waals surface area (Å²) in [4.78, 5) is 4.38.